The maximum Gasteiger partial charge on any atom is 0.466 e. The topological polar surface area (TPSA) is 160 Å². The lowest BCUT2D eigenvalue weighted by atomic mass is 9.79. The number of phosphoric acid groups is 1. The van der Waals surface area contributed by atoms with Crippen molar-refractivity contribution in [3.8, 4) is 0 Å². The minimum Gasteiger partial charge on any atom is -0.351 e. The zero-order valence-electron chi connectivity index (χ0n) is 25.6. The Morgan fingerprint density at radius 1 is 0.935 bits per heavy atom. The second-order valence-corrected chi connectivity index (χ2v) is 12.7. The number of nitrogens with zero attached hydrogens (tertiary/aromatic N) is 2. The minimum atomic E-state index is -4.64. The Labute approximate surface area is 267 Å². The van der Waals surface area contributed by atoms with E-state index < -0.39 is 19.5 Å². The quantitative estimate of drug-likeness (QED) is 0.239. The SMILES string of the molecule is CN(C)CCNC(=O)C1=C[C@@]2(CC1)CCN(C(=O)c1ccc(NC(=O)c3ccccc3F)cc1)c1ccccc1C2.O=P(O)(O)O. The van der Waals surface area contributed by atoms with Crippen molar-refractivity contribution in [1.29, 1.82) is 0 Å². The maximum atomic E-state index is 14.0. The smallest absolute Gasteiger partial charge is 0.351 e. The van der Waals surface area contributed by atoms with Gasteiger partial charge in [0.05, 0.1) is 5.56 Å². The number of halogens is 1. The zero-order chi connectivity index (χ0) is 33.5. The van der Waals surface area contributed by atoms with Crippen molar-refractivity contribution < 1.29 is 38.0 Å². The van der Waals surface area contributed by atoms with Gasteiger partial charge in [-0.25, -0.2) is 8.96 Å². The number of fused-ring (bicyclic) bond motifs is 1. The van der Waals surface area contributed by atoms with Crippen LogP contribution in [0, 0.1) is 11.2 Å². The van der Waals surface area contributed by atoms with Gasteiger partial charge >= 0.3 is 7.82 Å². The number of hydrogen-bond acceptors (Lipinski definition) is 5. The number of likely N-dealkylation sites (N-methyl/N-ethyl adjacent to an activating group) is 1. The summed E-state index contributed by atoms with van der Waals surface area (Å²) in [5, 5.41) is 5.72. The standard InChI is InChI=1S/C33H35FN4O3.H3O4P/c1-37(2)20-18-35-30(39)25-15-16-33(22-25)17-19-38(29-10-6-3-7-24(29)21-33)32(41)23-11-13-26(14-12-23)36-31(40)27-8-4-5-9-28(27)34;1-5(2,3)4/h3-14,22H,15-21H2,1-2H3,(H,35,39)(H,36,40);(H3,1,2,3,4)/t33-;/m0./s1. The number of nitrogens with one attached hydrogen (secondary N) is 2. The van der Waals surface area contributed by atoms with Gasteiger partial charge in [0.15, 0.2) is 0 Å². The van der Waals surface area contributed by atoms with E-state index in [9.17, 15) is 18.8 Å². The first-order valence-corrected chi connectivity index (χ1v) is 16.3. The lowest BCUT2D eigenvalue weighted by Crippen LogP contribution is -2.33. The molecule has 244 valence electrons. The fourth-order valence-corrected chi connectivity index (χ4v) is 5.67. The molecular formula is C33H38FN4O7P. The maximum absolute atomic E-state index is 14.0. The van der Waals surface area contributed by atoms with Crippen LogP contribution in [-0.4, -0.2) is 71.0 Å². The number of hydrogen-bond donors (Lipinski definition) is 5. The predicted molar refractivity (Wildman–Crippen MR) is 173 cm³/mol. The van der Waals surface area contributed by atoms with Gasteiger partial charge < -0.3 is 35.1 Å². The molecule has 11 nitrogen and oxygen atoms in total. The van der Waals surface area contributed by atoms with E-state index in [1.165, 1.54) is 18.2 Å². The van der Waals surface area contributed by atoms with E-state index in [0.717, 1.165) is 49.1 Å². The Morgan fingerprint density at radius 2 is 1.59 bits per heavy atom. The highest BCUT2D eigenvalue weighted by molar-refractivity contribution is 7.45. The molecule has 0 aromatic heterocycles. The number of rotatable bonds is 7. The molecule has 1 aliphatic carbocycles. The van der Waals surface area contributed by atoms with Gasteiger partial charge in [-0.1, -0.05) is 36.4 Å². The van der Waals surface area contributed by atoms with Gasteiger partial charge in [-0.05, 0) is 93.2 Å². The van der Waals surface area contributed by atoms with Crippen molar-refractivity contribution in [2.45, 2.75) is 25.7 Å². The van der Waals surface area contributed by atoms with Crippen molar-refractivity contribution in [3.63, 3.8) is 0 Å². The molecule has 2 aliphatic rings. The summed E-state index contributed by atoms with van der Waals surface area (Å²) < 4.78 is 22.9. The lowest BCUT2D eigenvalue weighted by Gasteiger charge is -2.26. The summed E-state index contributed by atoms with van der Waals surface area (Å²) in [6.07, 6.45) is 5.26. The molecule has 1 atom stereocenters. The third kappa shape index (κ3) is 9.41. The van der Waals surface area contributed by atoms with E-state index >= 15 is 0 Å². The third-order valence-electron chi connectivity index (χ3n) is 7.92. The highest BCUT2D eigenvalue weighted by Gasteiger charge is 2.39. The molecule has 13 heteroatoms. The normalized spacial score (nSPS) is 17.4. The fraction of sp³-hybridized carbons (Fsp3) is 0.303. The Kier molecular flexibility index (Phi) is 11.3. The van der Waals surface area contributed by atoms with Crippen LogP contribution < -0.4 is 15.5 Å². The third-order valence-corrected chi connectivity index (χ3v) is 7.92. The number of carbonyl (C=O) groups is 3. The molecule has 5 rings (SSSR count). The van der Waals surface area contributed by atoms with Crippen LogP contribution in [0.1, 0.15) is 45.5 Å². The van der Waals surface area contributed by atoms with Crippen LogP contribution in [0.15, 0.2) is 84.4 Å². The Hall–Kier alpha value is -4.19. The predicted octanol–water partition coefficient (Wildman–Crippen LogP) is 4.13. The molecule has 3 aromatic rings. The highest BCUT2D eigenvalue weighted by atomic mass is 31.2. The van der Waals surface area contributed by atoms with Crippen molar-refractivity contribution in [2.75, 3.05) is 43.9 Å². The summed E-state index contributed by atoms with van der Waals surface area (Å²) in [6, 6.07) is 20.4. The summed E-state index contributed by atoms with van der Waals surface area (Å²) in [5.74, 6) is -1.28. The summed E-state index contributed by atoms with van der Waals surface area (Å²) in [6.45, 7) is 1.91. The summed E-state index contributed by atoms with van der Waals surface area (Å²) in [5.41, 5.74) is 3.52. The van der Waals surface area contributed by atoms with Crippen LogP contribution >= 0.6 is 7.82 Å². The number of para-hydroxylation sites is 1. The molecule has 0 bridgehead atoms. The Bertz CT molecular complexity index is 1650. The summed E-state index contributed by atoms with van der Waals surface area (Å²) in [4.78, 5) is 64.5. The summed E-state index contributed by atoms with van der Waals surface area (Å²) in [7, 11) is -0.682. The molecule has 46 heavy (non-hydrogen) atoms. The first-order chi connectivity index (χ1) is 21.7. The van der Waals surface area contributed by atoms with Gasteiger partial charge in [-0.3, -0.25) is 14.4 Å². The molecule has 5 N–H and O–H groups in total. The Morgan fingerprint density at radius 3 is 2.26 bits per heavy atom. The lowest BCUT2D eigenvalue weighted by molar-refractivity contribution is -0.117. The molecule has 0 saturated heterocycles. The van der Waals surface area contributed by atoms with E-state index in [1.807, 2.05) is 42.1 Å². The monoisotopic (exact) mass is 652 g/mol. The van der Waals surface area contributed by atoms with Crippen molar-refractivity contribution >= 4 is 36.9 Å². The van der Waals surface area contributed by atoms with Crippen molar-refractivity contribution in [3.05, 3.63) is 107 Å². The molecule has 0 radical (unpaired) electrons. The average molecular weight is 653 g/mol. The molecule has 1 aliphatic heterocycles. The zero-order valence-corrected chi connectivity index (χ0v) is 26.5. The minimum absolute atomic E-state index is 0.00336. The highest BCUT2D eigenvalue weighted by Crippen LogP contribution is 2.46. The van der Waals surface area contributed by atoms with E-state index in [-0.39, 0.29) is 22.8 Å². The first kappa shape index (κ1) is 34.7. The van der Waals surface area contributed by atoms with Crippen molar-refractivity contribution in [2.24, 2.45) is 5.41 Å². The van der Waals surface area contributed by atoms with Crippen LogP contribution in [0.5, 0.6) is 0 Å². The number of allylic oxidation sites excluding steroid dienone is 1. The largest absolute Gasteiger partial charge is 0.466 e. The number of carbonyl (C=O) groups excluding carboxylic acids is 3. The van der Waals surface area contributed by atoms with E-state index in [2.05, 4.69) is 22.8 Å². The molecule has 0 fully saturated rings. The van der Waals surface area contributed by atoms with Gasteiger partial charge in [-0.15, -0.1) is 0 Å². The molecule has 3 aromatic carbocycles. The van der Waals surface area contributed by atoms with Crippen molar-refractivity contribution in [1.82, 2.24) is 10.2 Å². The van der Waals surface area contributed by atoms with Crippen LogP contribution in [0.2, 0.25) is 0 Å². The fourth-order valence-electron chi connectivity index (χ4n) is 5.67. The van der Waals surface area contributed by atoms with Crippen LogP contribution in [0.4, 0.5) is 15.8 Å². The van der Waals surface area contributed by atoms with Gasteiger partial charge in [0.1, 0.15) is 5.82 Å². The Balaban J connectivity index is 0.000000892. The molecule has 1 spiro atoms. The second-order valence-electron chi connectivity index (χ2n) is 11.6. The van der Waals surface area contributed by atoms with Crippen LogP contribution in [0.3, 0.4) is 0 Å². The van der Waals surface area contributed by atoms with Gasteiger partial charge in [0, 0.05) is 42.1 Å². The van der Waals surface area contributed by atoms with E-state index in [0.29, 0.717) is 24.3 Å². The number of benzene rings is 3. The van der Waals surface area contributed by atoms with Crippen LogP contribution in [0.25, 0.3) is 0 Å². The number of anilines is 2. The van der Waals surface area contributed by atoms with Gasteiger partial charge in [0.2, 0.25) is 5.91 Å². The second kappa shape index (κ2) is 14.9. The van der Waals surface area contributed by atoms with E-state index in [4.69, 9.17) is 19.2 Å². The molecular weight excluding hydrogens is 614 g/mol. The first-order valence-electron chi connectivity index (χ1n) is 14.7. The molecule has 0 unspecified atom stereocenters. The van der Waals surface area contributed by atoms with E-state index in [1.54, 1.807) is 30.3 Å². The average Bonchev–Trinajstić information content (AvgIpc) is 3.33. The molecule has 0 saturated carbocycles. The van der Waals surface area contributed by atoms with Gasteiger partial charge in [0.25, 0.3) is 11.8 Å². The number of amides is 3. The van der Waals surface area contributed by atoms with Crippen LogP contribution in [-0.2, 0) is 15.8 Å². The molecule has 1 heterocycles. The molecule has 3 amide bonds. The summed E-state index contributed by atoms with van der Waals surface area (Å²) >= 11 is 0. The van der Waals surface area contributed by atoms with Gasteiger partial charge in [-0.2, -0.15) is 0 Å².